The van der Waals surface area contributed by atoms with Crippen molar-refractivity contribution in [3.05, 3.63) is 28.8 Å². The van der Waals surface area contributed by atoms with Crippen molar-refractivity contribution >= 4 is 11.6 Å². The Morgan fingerprint density at radius 1 is 1.35 bits per heavy atom. The van der Waals surface area contributed by atoms with Crippen LogP contribution in [-0.2, 0) is 0 Å². The number of hydrogen-bond acceptors (Lipinski definition) is 3. The van der Waals surface area contributed by atoms with E-state index in [0.717, 1.165) is 13.0 Å². The molecule has 0 aliphatic carbocycles. The number of halogens is 1. The van der Waals surface area contributed by atoms with Crippen molar-refractivity contribution < 1.29 is 4.74 Å². The summed E-state index contributed by atoms with van der Waals surface area (Å²) >= 11 is 6.28. The second-order valence-electron chi connectivity index (χ2n) is 5.83. The van der Waals surface area contributed by atoms with Gasteiger partial charge in [0, 0.05) is 12.1 Å². The van der Waals surface area contributed by atoms with E-state index >= 15 is 0 Å². The molecular weight excluding hydrogens is 272 g/mol. The Hall–Kier alpha value is -0.770. The first-order chi connectivity index (χ1) is 9.54. The number of benzene rings is 1. The predicted molar refractivity (Wildman–Crippen MR) is 84.4 cm³/mol. The van der Waals surface area contributed by atoms with E-state index in [2.05, 4.69) is 24.8 Å². The van der Waals surface area contributed by atoms with Crippen molar-refractivity contribution in [1.29, 1.82) is 0 Å². The molecule has 1 aromatic carbocycles. The topological polar surface area (TPSA) is 38.5 Å². The molecule has 1 aliphatic heterocycles. The molecule has 0 aromatic heterocycles. The average Bonchev–Trinajstić information content (AvgIpc) is 2.60. The van der Waals surface area contributed by atoms with Crippen LogP contribution in [0.25, 0.3) is 0 Å². The Kier molecular flexibility index (Phi) is 5.30. The highest BCUT2D eigenvalue weighted by atomic mass is 35.5. The summed E-state index contributed by atoms with van der Waals surface area (Å²) in [5, 5.41) is 0.658. The summed E-state index contributed by atoms with van der Waals surface area (Å²) in [6.45, 7) is 5.56. The van der Waals surface area contributed by atoms with Gasteiger partial charge in [-0.05, 0) is 50.9 Å². The van der Waals surface area contributed by atoms with Gasteiger partial charge in [-0.3, -0.25) is 4.90 Å². The Bertz CT molecular complexity index is 450. The van der Waals surface area contributed by atoms with Crippen LogP contribution in [0.15, 0.2) is 18.2 Å². The lowest BCUT2D eigenvalue weighted by molar-refractivity contribution is 0.144. The van der Waals surface area contributed by atoms with Gasteiger partial charge in [-0.25, -0.2) is 0 Å². The monoisotopic (exact) mass is 296 g/mol. The lowest BCUT2D eigenvalue weighted by atomic mass is 9.95. The lowest BCUT2D eigenvalue weighted by Crippen LogP contribution is -2.43. The van der Waals surface area contributed by atoms with E-state index in [0.29, 0.717) is 16.8 Å². The predicted octanol–water partition coefficient (Wildman–Crippen LogP) is 3.61. The fourth-order valence-electron chi connectivity index (χ4n) is 3.10. The SMILES string of the molecule is COc1ccc(C2C(N)CCCCN2C(C)C)cc1Cl. The summed E-state index contributed by atoms with van der Waals surface area (Å²) in [7, 11) is 1.64. The lowest BCUT2D eigenvalue weighted by Gasteiger charge is -2.37. The molecule has 0 bridgehead atoms. The van der Waals surface area contributed by atoms with Gasteiger partial charge >= 0.3 is 0 Å². The van der Waals surface area contributed by atoms with Crippen LogP contribution in [0.2, 0.25) is 5.02 Å². The molecule has 0 spiro atoms. The van der Waals surface area contributed by atoms with Crippen LogP contribution >= 0.6 is 11.6 Å². The van der Waals surface area contributed by atoms with Crippen molar-refractivity contribution in [2.75, 3.05) is 13.7 Å². The van der Waals surface area contributed by atoms with E-state index in [1.165, 1.54) is 18.4 Å². The van der Waals surface area contributed by atoms with Crippen molar-refractivity contribution in [3.63, 3.8) is 0 Å². The molecule has 1 aliphatic rings. The molecule has 1 saturated heterocycles. The minimum absolute atomic E-state index is 0.157. The van der Waals surface area contributed by atoms with Crippen LogP contribution in [0.3, 0.4) is 0 Å². The molecule has 2 rings (SSSR count). The number of rotatable bonds is 3. The maximum absolute atomic E-state index is 6.44. The summed E-state index contributed by atoms with van der Waals surface area (Å²) in [4.78, 5) is 2.50. The summed E-state index contributed by atoms with van der Waals surface area (Å²) in [6, 6.07) is 6.91. The van der Waals surface area contributed by atoms with E-state index in [1.54, 1.807) is 7.11 Å². The number of methoxy groups -OCH3 is 1. The molecule has 0 radical (unpaired) electrons. The standard InChI is InChI=1S/C16H25ClN2O/c1-11(2)19-9-5-4-6-14(18)16(19)12-7-8-15(20-3)13(17)10-12/h7-8,10-11,14,16H,4-6,9,18H2,1-3H3. The molecule has 1 aromatic rings. The summed E-state index contributed by atoms with van der Waals surface area (Å²) in [5.41, 5.74) is 7.64. The minimum Gasteiger partial charge on any atom is -0.495 e. The molecule has 0 saturated carbocycles. The molecular formula is C16H25ClN2O. The number of nitrogens with two attached hydrogens (primary N) is 1. The zero-order valence-corrected chi connectivity index (χ0v) is 13.4. The second kappa shape index (κ2) is 6.79. The van der Waals surface area contributed by atoms with Crippen LogP contribution in [0.1, 0.15) is 44.7 Å². The van der Waals surface area contributed by atoms with Gasteiger partial charge in [-0.2, -0.15) is 0 Å². The maximum atomic E-state index is 6.44. The van der Waals surface area contributed by atoms with Gasteiger partial charge in [0.15, 0.2) is 0 Å². The Labute approximate surface area is 127 Å². The molecule has 2 unspecified atom stereocenters. The quantitative estimate of drug-likeness (QED) is 0.926. The Balaban J connectivity index is 2.36. The highest BCUT2D eigenvalue weighted by Gasteiger charge is 2.30. The highest BCUT2D eigenvalue weighted by Crippen LogP contribution is 2.34. The van der Waals surface area contributed by atoms with Crippen molar-refractivity contribution in [2.24, 2.45) is 5.73 Å². The van der Waals surface area contributed by atoms with Gasteiger partial charge in [0.2, 0.25) is 0 Å². The molecule has 0 amide bonds. The first-order valence-corrected chi connectivity index (χ1v) is 7.77. The first-order valence-electron chi connectivity index (χ1n) is 7.39. The third-order valence-corrected chi connectivity index (χ3v) is 4.44. The van der Waals surface area contributed by atoms with Crippen molar-refractivity contribution in [2.45, 2.75) is 51.2 Å². The van der Waals surface area contributed by atoms with E-state index in [9.17, 15) is 0 Å². The highest BCUT2D eigenvalue weighted by molar-refractivity contribution is 6.32. The van der Waals surface area contributed by atoms with Crippen molar-refractivity contribution in [1.82, 2.24) is 4.90 Å². The van der Waals surface area contributed by atoms with Gasteiger partial charge in [0.1, 0.15) is 5.75 Å². The first kappa shape index (κ1) is 15.6. The van der Waals surface area contributed by atoms with Crippen LogP contribution < -0.4 is 10.5 Å². The molecule has 2 N–H and O–H groups in total. The fourth-order valence-corrected chi connectivity index (χ4v) is 3.37. The van der Waals surface area contributed by atoms with Crippen LogP contribution in [0.4, 0.5) is 0 Å². The summed E-state index contributed by atoms with van der Waals surface area (Å²) in [5.74, 6) is 0.716. The van der Waals surface area contributed by atoms with E-state index in [-0.39, 0.29) is 12.1 Å². The molecule has 20 heavy (non-hydrogen) atoms. The van der Waals surface area contributed by atoms with Gasteiger partial charge in [-0.1, -0.05) is 24.1 Å². The van der Waals surface area contributed by atoms with Gasteiger partial charge in [0.25, 0.3) is 0 Å². The Morgan fingerprint density at radius 2 is 2.10 bits per heavy atom. The van der Waals surface area contributed by atoms with Crippen LogP contribution in [0.5, 0.6) is 5.75 Å². The molecule has 3 nitrogen and oxygen atoms in total. The zero-order valence-electron chi connectivity index (χ0n) is 12.6. The minimum atomic E-state index is 0.157. The van der Waals surface area contributed by atoms with E-state index in [1.807, 2.05) is 12.1 Å². The smallest absolute Gasteiger partial charge is 0.137 e. The number of hydrogen-bond donors (Lipinski definition) is 1. The third-order valence-electron chi connectivity index (χ3n) is 4.15. The average molecular weight is 297 g/mol. The molecule has 1 fully saturated rings. The van der Waals surface area contributed by atoms with Gasteiger partial charge in [0.05, 0.1) is 18.2 Å². The number of ether oxygens (including phenoxy) is 1. The van der Waals surface area contributed by atoms with E-state index < -0.39 is 0 Å². The molecule has 4 heteroatoms. The zero-order chi connectivity index (χ0) is 14.7. The summed E-state index contributed by atoms with van der Waals surface area (Å²) < 4.78 is 5.24. The third kappa shape index (κ3) is 3.27. The normalized spacial score (nSPS) is 24.7. The molecule has 112 valence electrons. The van der Waals surface area contributed by atoms with Crippen molar-refractivity contribution in [3.8, 4) is 5.75 Å². The van der Waals surface area contributed by atoms with E-state index in [4.69, 9.17) is 22.1 Å². The summed E-state index contributed by atoms with van der Waals surface area (Å²) in [6.07, 6.45) is 3.48. The largest absolute Gasteiger partial charge is 0.495 e. The number of nitrogens with zero attached hydrogens (tertiary/aromatic N) is 1. The molecule has 2 atom stereocenters. The fraction of sp³-hybridized carbons (Fsp3) is 0.625. The Morgan fingerprint density at radius 3 is 2.70 bits per heavy atom. The van der Waals surface area contributed by atoms with Crippen LogP contribution in [-0.4, -0.2) is 30.6 Å². The number of likely N-dealkylation sites (tertiary alicyclic amines) is 1. The van der Waals surface area contributed by atoms with Gasteiger partial charge in [-0.15, -0.1) is 0 Å². The van der Waals surface area contributed by atoms with Crippen LogP contribution in [0, 0.1) is 0 Å². The maximum Gasteiger partial charge on any atom is 0.137 e. The molecule has 1 heterocycles. The second-order valence-corrected chi connectivity index (χ2v) is 6.24. The van der Waals surface area contributed by atoms with Gasteiger partial charge < -0.3 is 10.5 Å².